The summed E-state index contributed by atoms with van der Waals surface area (Å²) in [6, 6.07) is 20.6. The van der Waals surface area contributed by atoms with Crippen molar-refractivity contribution in [2.45, 2.75) is 9.79 Å². The van der Waals surface area contributed by atoms with Gasteiger partial charge in [-0.15, -0.1) is 0 Å². The number of hydrogen-bond donors (Lipinski definition) is 0. The number of fused-ring (bicyclic) bond motifs is 4. The zero-order chi connectivity index (χ0) is 17.8. The Kier molecular flexibility index (Phi) is 4.60. The van der Waals surface area contributed by atoms with Gasteiger partial charge >= 0.3 is 5.97 Å². The van der Waals surface area contributed by atoms with E-state index in [1.807, 2.05) is 12.1 Å². The number of aryl methyl sites for hydroxylation is 1. The van der Waals surface area contributed by atoms with Crippen LogP contribution in [0.5, 0.6) is 0 Å². The number of carbonyl (C=O) groups excluding carboxylic acids is 1. The van der Waals surface area contributed by atoms with Gasteiger partial charge in [-0.1, -0.05) is 42.1 Å². The Bertz CT molecular complexity index is 1240. The van der Waals surface area contributed by atoms with E-state index < -0.39 is 0 Å². The van der Waals surface area contributed by atoms with Crippen molar-refractivity contribution in [1.29, 1.82) is 0 Å². The zero-order valence-corrected chi connectivity index (χ0v) is 17.8. The molecule has 0 bridgehead atoms. The van der Waals surface area contributed by atoms with Gasteiger partial charge in [0.15, 0.2) is 0 Å². The van der Waals surface area contributed by atoms with Crippen molar-refractivity contribution >= 4 is 39.5 Å². The average molecular weight is 485 g/mol. The normalized spacial score (nSPS) is 11.8. The van der Waals surface area contributed by atoms with E-state index >= 15 is 0 Å². The lowest BCUT2D eigenvalue weighted by molar-refractivity contribution is -0.617. The molecule has 0 spiro atoms. The van der Waals surface area contributed by atoms with Crippen molar-refractivity contribution in [3.63, 3.8) is 0 Å². The first-order chi connectivity index (χ1) is 12.7. The van der Waals surface area contributed by atoms with E-state index in [9.17, 15) is 4.79 Å². The summed E-state index contributed by atoms with van der Waals surface area (Å²) in [4.78, 5) is 14.7. The Hall–Kier alpha value is -2.12. The molecule has 2 heterocycles. The highest BCUT2D eigenvalue weighted by atomic mass is 127. The number of esters is 1. The van der Waals surface area contributed by atoms with Crippen LogP contribution >= 0.6 is 11.8 Å². The second kappa shape index (κ2) is 6.80. The van der Waals surface area contributed by atoms with Gasteiger partial charge in [0, 0.05) is 27.5 Å². The highest BCUT2D eigenvalue weighted by molar-refractivity contribution is 8.00. The van der Waals surface area contributed by atoms with Gasteiger partial charge in [0.05, 0.1) is 23.4 Å². The van der Waals surface area contributed by atoms with Crippen LogP contribution in [-0.2, 0) is 11.8 Å². The minimum atomic E-state index is -0.298. The molecule has 0 saturated heterocycles. The molecular formula is C22H16INO2S. The number of pyridine rings is 1. The maximum atomic E-state index is 12.4. The van der Waals surface area contributed by atoms with Crippen LogP contribution < -0.4 is 28.5 Å². The molecule has 4 aromatic rings. The van der Waals surface area contributed by atoms with Crippen LogP contribution in [0.25, 0.3) is 32.9 Å². The molecule has 1 aliphatic heterocycles. The van der Waals surface area contributed by atoms with Crippen molar-refractivity contribution in [3.05, 3.63) is 66.2 Å². The summed E-state index contributed by atoms with van der Waals surface area (Å²) in [5.74, 6) is -0.298. The monoisotopic (exact) mass is 485 g/mol. The fourth-order valence-electron chi connectivity index (χ4n) is 3.88. The summed E-state index contributed by atoms with van der Waals surface area (Å²) in [6.07, 6.45) is 0. The average Bonchev–Trinajstić information content (AvgIpc) is 2.70. The summed E-state index contributed by atoms with van der Waals surface area (Å²) in [5, 5.41) is 2.43. The van der Waals surface area contributed by atoms with Gasteiger partial charge in [-0.2, -0.15) is 4.57 Å². The summed E-state index contributed by atoms with van der Waals surface area (Å²) >= 11 is 1.73. The Morgan fingerprint density at radius 1 is 0.963 bits per heavy atom. The molecule has 0 atom stereocenters. The third kappa shape index (κ3) is 2.56. The molecule has 5 rings (SSSR count). The smallest absolute Gasteiger partial charge is 0.338 e. The second-order valence-corrected chi connectivity index (χ2v) is 7.43. The Morgan fingerprint density at radius 3 is 2.52 bits per heavy atom. The fraction of sp³-hybridized carbons (Fsp3) is 0.0909. The van der Waals surface area contributed by atoms with Gasteiger partial charge in [-0.05, 0) is 23.8 Å². The maximum absolute atomic E-state index is 12.4. The molecule has 0 saturated carbocycles. The summed E-state index contributed by atoms with van der Waals surface area (Å²) in [7, 11) is 3.53. The van der Waals surface area contributed by atoms with Gasteiger partial charge in [0.2, 0.25) is 11.0 Å². The number of carbonyl (C=O) groups is 1. The highest BCUT2D eigenvalue weighted by Gasteiger charge is 2.29. The van der Waals surface area contributed by atoms with Crippen molar-refractivity contribution < 1.29 is 38.1 Å². The molecular weight excluding hydrogens is 469 g/mol. The largest absolute Gasteiger partial charge is 1.00 e. The topological polar surface area (TPSA) is 30.2 Å². The first-order valence-corrected chi connectivity index (χ1v) is 9.25. The fourth-order valence-corrected chi connectivity index (χ4v) is 5.17. The number of para-hydroxylation sites is 1. The highest BCUT2D eigenvalue weighted by Crippen LogP contribution is 2.50. The van der Waals surface area contributed by atoms with Crippen LogP contribution in [0.15, 0.2) is 70.5 Å². The molecule has 1 aliphatic rings. The molecule has 0 unspecified atom stereocenters. The van der Waals surface area contributed by atoms with E-state index in [-0.39, 0.29) is 29.9 Å². The van der Waals surface area contributed by atoms with E-state index in [2.05, 4.69) is 60.1 Å². The molecule has 134 valence electrons. The lowest BCUT2D eigenvalue weighted by atomic mass is 9.94. The second-order valence-electron chi connectivity index (χ2n) is 6.38. The van der Waals surface area contributed by atoms with E-state index in [1.54, 1.807) is 11.8 Å². The minimum Gasteiger partial charge on any atom is -1.00 e. The lowest BCUT2D eigenvalue weighted by Crippen LogP contribution is -3.00. The molecule has 3 nitrogen and oxygen atoms in total. The number of benzene rings is 3. The third-order valence-corrected chi connectivity index (χ3v) is 6.24. The van der Waals surface area contributed by atoms with E-state index in [0.717, 1.165) is 21.5 Å². The van der Waals surface area contributed by atoms with E-state index in [0.29, 0.717) is 5.56 Å². The number of hydrogen-bond acceptors (Lipinski definition) is 3. The standard InChI is InChI=1S/C22H16NO2S.HI/c1-23-16-10-4-3-7-13(16)21-20-14(8-5-11-17(20)23)19-15(22(24)25-2)9-6-12-18(19)26-21;/h3-12H,1-2H3;1H/q+1;/p-1. The summed E-state index contributed by atoms with van der Waals surface area (Å²) in [6.45, 7) is 0. The molecule has 5 heteroatoms. The first kappa shape index (κ1) is 18.3. The number of halogens is 1. The van der Waals surface area contributed by atoms with Crippen molar-refractivity contribution in [1.82, 2.24) is 0 Å². The third-order valence-electron chi connectivity index (χ3n) is 5.05. The van der Waals surface area contributed by atoms with Gasteiger partial charge in [0.1, 0.15) is 7.05 Å². The van der Waals surface area contributed by atoms with Crippen LogP contribution in [0.3, 0.4) is 0 Å². The Labute approximate surface area is 178 Å². The molecule has 3 aromatic carbocycles. The molecule has 0 aliphatic carbocycles. The number of methoxy groups -OCH3 is 1. The van der Waals surface area contributed by atoms with Crippen LogP contribution in [0.2, 0.25) is 0 Å². The molecule has 27 heavy (non-hydrogen) atoms. The number of nitrogens with zero attached hydrogens (tertiary/aromatic N) is 1. The van der Waals surface area contributed by atoms with Gasteiger partial charge in [0.25, 0.3) is 0 Å². The zero-order valence-electron chi connectivity index (χ0n) is 14.8. The molecule has 0 N–H and O–H groups in total. The quantitative estimate of drug-likeness (QED) is 0.157. The van der Waals surface area contributed by atoms with Gasteiger partial charge in [-0.25, -0.2) is 4.79 Å². The molecule has 1 aromatic heterocycles. The predicted molar refractivity (Wildman–Crippen MR) is 104 cm³/mol. The minimum absolute atomic E-state index is 0. The number of aromatic nitrogens is 1. The van der Waals surface area contributed by atoms with Crippen LogP contribution in [0.4, 0.5) is 0 Å². The first-order valence-electron chi connectivity index (χ1n) is 8.43. The van der Waals surface area contributed by atoms with E-state index in [1.165, 1.54) is 28.3 Å². The summed E-state index contributed by atoms with van der Waals surface area (Å²) in [5.41, 5.74) is 5.04. The van der Waals surface area contributed by atoms with Crippen LogP contribution in [-0.4, -0.2) is 13.1 Å². The van der Waals surface area contributed by atoms with Crippen molar-refractivity contribution in [3.8, 4) is 11.1 Å². The maximum Gasteiger partial charge on any atom is 0.338 e. The molecule has 0 amide bonds. The Morgan fingerprint density at radius 2 is 1.70 bits per heavy atom. The van der Waals surface area contributed by atoms with Gasteiger partial charge < -0.3 is 28.7 Å². The number of ether oxygens (including phenoxy) is 1. The van der Waals surface area contributed by atoms with Crippen LogP contribution in [0.1, 0.15) is 10.4 Å². The number of rotatable bonds is 1. The Balaban J connectivity index is 0.00000180. The lowest BCUT2D eigenvalue weighted by Gasteiger charge is -2.22. The van der Waals surface area contributed by atoms with E-state index in [4.69, 9.17) is 4.74 Å². The SMILES string of the molecule is COC(=O)c1cccc2c1-c1cccc3c1c(c1ccccc1[n+]3C)S2.[I-]. The van der Waals surface area contributed by atoms with Crippen molar-refractivity contribution in [2.75, 3.05) is 7.11 Å². The van der Waals surface area contributed by atoms with Gasteiger partial charge in [-0.3, -0.25) is 0 Å². The molecule has 0 fully saturated rings. The summed E-state index contributed by atoms with van der Waals surface area (Å²) < 4.78 is 7.25. The van der Waals surface area contributed by atoms with Crippen molar-refractivity contribution in [2.24, 2.45) is 7.05 Å². The molecule has 0 radical (unpaired) electrons. The van der Waals surface area contributed by atoms with Crippen LogP contribution in [0, 0.1) is 0 Å². The predicted octanol–water partition coefficient (Wildman–Crippen LogP) is 1.74.